The van der Waals surface area contributed by atoms with Gasteiger partial charge in [-0.25, -0.2) is 4.79 Å². The highest BCUT2D eigenvalue weighted by atomic mass is 16.5. The number of carboxylic acid groups (broad SMARTS) is 1. The van der Waals surface area contributed by atoms with Gasteiger partial charge in [-0.2, -0.15) is 0 Å². The standard InChI is InChI=1S/C34H45N3O5/c1-22-19-25(40-8)10-9-24(22)13-18-41-26-11-12-28(36-20-26)27-21-35-23(2)29(31(32(38)39)42-33(3,4)5)30(27)37-16-14-34(6,7)15-17-37/h9-12,19-21,31H,13-18H2,1-8H3,(H,38,39). The number of hydrogen-bond donors (Lipinski definition) is 1. The zero-order chi connectivity index (χ0) is 30.7. The minimum atomic E-state index is -1.16. The maximum Gasteiger partial charge on any atom is 0.337 e. The molecule has 42 heavy (non-hydrogen) atoms. The summed E-state index contributed by atoms with van der Waals surface area (Å²) in [5, 5.41) is 10.3. The molecule has 1 aliphatic rings. The molecule has 1 N–H and O–H groups in total. The van der Waals surface area contributed by atoms with Crippen LogP contribution in [-0.2, 0) is 16.0 Å². The van der Waals surface area contributed by atoms with E-state index in [1.807, 2.05) is 52.0 Å². The number of aromatic nitrogens is 2. The van der Waals surface area contributed by atoms with Gasteiger partial charge in [0.25, 0.3) is 0 Å². The Labute approximate surface area is 250 Å². The van der Waals surface area contributed by atoms with Crippen LogP contribution in [0.3, 0.4) is 0 Å². The second-order valence-corrected chi connectivity index (χ2v) is 12.9. The van der Waals surface area contributed by atoms with Gasteiger partial charge in [0.1, 0.15) is 11.5 Å². The van der Waals surface area contributed by atoms with Gasteiger partial charge in [0, 0.05) is 42.5 Å². The van der Waals surface area contributed by atoms with Crippen LogP contribution in [-0.4, -0.2) is 53.5 Å². The number of ether oxygens (including phenoxy) is 3. The van der Waals surface area contributed by atoms with Crippen molar-refractivity contribution in [1.82, 2.24) is 9.97 Å². The fourth-order valence-electron chi connectivity index (χ4n) is 5.35. The number of aliphatic carboxylic acids is 1. The van der Waals surface area contributed by atoms with Crippen molar-refractivity contribution in [3.63, 3.8) is 0 Å². The third kappa shape index (κ3) is 7.59. The van der Waals surface area contributed by atoms with E-state index in [2.05, 4.69) is 36.7 Å². The van der Waals surface area contributed by atoms with Crippen LogP contribution in [0, 0.1) is 19.3 Å². The summed E-state index contributed by atoms with van der Waals surface area (Å²) in [4.78, 5) is 24.3. The fraction of sp³-hybridized carbons (Fsp3) is 0.500. The first kappa shape index (κ1) is 31.3. The van der Waals surface area contributed by atoms with Gasteiger partial charge in [-0.3, -0.25) is 9.97 Å². The van der Waals surface area contributed by atoms with Crippen molar-refractivity contribution in [3.05, 3.63) is 65.1 Å². The van der Waals surface area contributed by atoms with Crippen molar-refractivity contribution in [2.45, 2.75) is 79.4 Å². The van der Waals surface area contributed by atoms with Crippen molar-refractivity contribution in [3.8, 4) is 22.8 Å². The number of carbonyl (C=O) groups is 1. The Hall–Kier alpha value is -3.65. The molecule has 0 saturated carbocycles. The normalized spacial score (nSPS) is 15.8. The SMILES string of the molecule is COc1ccc(CCOc2ccc(-c3cnc(C)c(C(OC(C)(C)C)C(=O)O)c3N3CCC(C)(C)CC3)nc2)c(C)c1. The lowest BCUT2D eigenvalue weighted by atomic mass is 9.82. The quantitative estimate of drug-likeness (QED) is 0.277. The van der Waals surface area contributed by atoms with E-state index < -0.39 is 17.7 Å². The number of benzene rings is 1. The molecule has 8 nitrogen and oxygen atoms in total. The first-order valence-electron chi connectivity index (χ1n) is 14.7. The smallest absolute Gasteiger partial charge is 0.337 e. The molecule has 226 valence electrons. The molecule has 1 unspecified atom stereocenters. The lowest BCUT2D eigenvalue weighted by Crippen LogP contribution is -2.39. The van der Waals surface area contributed by atoms with E-state index in [1.54, 1.807) is 19.5 Å². The van der Waals surface area contributed by atoms with Crippen LogP contribution in [0.1, 0.15) is 75.9 Å². The van der Waals surface area contributed by atoms with Crippen molar-refractivity contribution < 1.29 is 24.1 Å². The van der Waals surface area contributed by atoms with Crippen LogP contribution in [0.2, 0.25) is 0 Å². The third-order valence-electron chi connectivity index (χ3n) is 7.88. The van der Waals surface area contributed by atoms with E-state index in [9.17, 15) is 9.90 Å². The van der Waals surface area contributed by atoms with E-state index in [1.165, 1.54) is 5.56 Å². The molecule has 1 aromatic carbocycles. The second-order valence-electron chi connectivity index (χ2n) is 12.9. The molecule has 3 aromatic rings. The number of aryl methyl sites for hydroxylation is 2. The fourth-order valence-corrected chi connectivity index (χ4v) is 5.35. The monoisotopic (exact) mass is 575 g/mol. The van der Waals surface area contributed by atoms with Gasteiger partial charge in [0.15, 0.2) is 6.10 Å². The number of carboxylic acids is 1. The predicted molar refractivity (Wildman–Crippen MR) is 166 cm³/mol. The van der Waals surface area contributed by atoms with Gasteiger partial charge < -0.3 is 24.2 Å². The molecule has 0 amide bonds. The average molecular weight is 576 g/mol. The molecule has 0 radical (unpaired) electrons. The van der Waals surface area contributed by atoms with Crippen LogP contribution in [0.15, 0.2) is 42.7 Å². The lowest BCUT2D eigenvalue weighted by Gasteiger charge is -2.40. The number of methoxy groups -OCH3 is 1. The summed E-state index contributed by atoms with van der Waals surface area (Å²) >= 11 is 0. The van der Waals surface area contributed by atoms with Crippen molar-refractivity contribution in [2.24, 2.45) is 5.41 Å². The summed E-state index contributed by atoms with van der Waals surface area (Å²) in [7, 11) is 1.67. The molecule has 4 rings (SSSR count). The Bertz CT molecular complexity index is 1390. The largest absolute Gasteiger partial charge is 0.497 e. The van der Waals surface area contributed by atoms with Gasteiger partial charge in [0.2, 0.25) is 0 Å². The summed E-state index contributed by atoms with van der Waals surface area (Å²) in [6.45, 7) is 16.2. The molecule has 0 bridgehead atoms. The molecule has 8 heteroatoms. The molecular weight excluding hydrogens is 530 g/mol. The Morgan fingerprint density at radius 1 is 1.05 bits per heavy atom. The van der Waals surface area contributed by atoms with Gasteiger partial charge >= 0.3 is 5.97 Å². The van der Waals surface area contributed by atoms with E-state index in [-0.39, 0.29) is 5.41 Å². The topological polar surface area (TPSA) is 94.0 Å². The predicted octanol–water partition coefficient (Wildman–Crippen LogP) is 6.96. The number of piperidine rings is 1. The summed E-state index contributed by atoms with van der Waals surface area (Å²) in [5.41, 5.74) is 5.52. The Morgan fingerprint density at radius 3 is 2.31 bits per heavy atom. The highest BCUT2D eigenvalue weighted by Gasteiger charge is 2.36. The van der Waals surface area contributed by atoms with Crippen LogP contribution in [0.25, 0.3) is 11.3 Å². The number of hydrogen-bond acceptors (Lipinski definition) is 7. The maximum absolute atomic E-state index is 12.6. The van der Waals surface area contributed by atoms with Crippen molar-refractivity contribution in [2.75, 3.05) is 31.7 Å². The number of nitrogens with zero attached hydrogens (tertiary/aromatic N) is 3. The number of anilines is 1. The summed E-state index contributed by atoms with van der Waals surface area (Å²) in [6.07, 6.45) is 5.13. The summed E-state index contributed by atoms with van der Waals surface area (Å²) in [6, 6.07) is 9.88. The van der Waals surface area contributed by atoms with Crippen LogP contribution >= 0.6 is 0 Å². The van der Waals surface area contributed by atoms with Gasteiger partial charge in [-0.15, -0.1) is 0 Å². The summed E-state index contributed by atoms with van der Waals surface area (Å²) < 4.78 is 17.5. The second kappa shape index (κ2) is 12.7. The molecule has 1 atom stereocenters. The van der Waals surface area contributed by atoms with Crippen molar-refractivity contribution in [1.29, 1.82) is 0 Å². The Balaban J connectivity index is 1.64. The number of rotatable bonds is 10. The Kier molecular flexibility index (Phi) is 9.46. The zero-order valence-electron chi connectivity index (χ0n) is 26.3. The maximum atomic E-state index is 12.6. The highest BCUT2D eigenvalue weighted by molar-refractivity contribution is 5.85. The summed E-state index contributed by atoms with van der Waals surface area (Å²) in [5.74, 6) is 0.485. The minimum absolute atomic E-state index is 0.231. The Morgan fingerprint density at radius 2 is 1.74 bits per heavy atom. The molecule has 3 heterocycles. The molecule has 1 saturated heterocycles. The first-order valence-corrected chi connectivity index (χ1v) is 14.7. The van der Waals surface area contributed by atoms with E-state index in [0.29, 0.717) is 29.3 Å². The van der Waals surface area contributed by atoms with Crippen LogP contribution in [0.5, 0.6) is 11.5 Å². The van der Waals surface area contributed by atoms with Gasteiger partial charge in [-0.05, 0) is 88.3 Å². The molecule has 1 fully saturated rings. The van der Waals surface area contributed by atoms with E-state index in [0.717, 1.165) is 54.9 Å². The third-order valence-corrected chi connectivity index (χ3v) is 7.88. The highest BCUT2D eigenvalue weighted by Crippen LogP contribution is 2.43. The number of pyridine rings is 2. The van der Waals surface area contributed by atoms with Crippen molar-refractivity contribution >= 4 is 11.7 Å². The molecule has 0 aliphatic carbocycles. The first-order chi connectivity index (χ1) is 19.8. The molecule has 1 aliphatic heterocycles. The average Bonchev–Trinajstić information content (AvgIpc) is 2.92. The van der Waals surface area contributed by atoms with Gasteiger partial charge in [-0.1, -0.05) is 19.9 Å². The van der Waals surface area contributed by atoms with Gasteiger partial charge in [0.05, 0.1) is 36.9 Å². The van der Waals surface area contributed by atoms with Crippen LogP contribution in [0.4, 0.5) is 5.69 Å². The lowest BCUT2D eigenvalue weighted by molar-refractivity contribution is -0.160. The molecule has 0 spiro atoms. The molecule has 2 aromatic heterocycles. The van der Waals surface area contributed by atoms with E-state index in [4.69, 9.17) is 19.2 Å². The zero-order valence-corrected chi connectivity index (χ0v) is 26.3. The van der Waals surface area contributed by atoms with Crippen LogP contribution < -0.4 is 14.4 Å². The van der Waals surface area contributed by atoms with E-state index >= 15 is 0 Å². The minimum Gasteiger partial charge on any atom is -0.497 e. The molecular formula is C34H45N3O5.